The Balaban J connectivity index is 1.91. The summed E-state index contributed by atoms with van der Waals surface area (Å²) in [6.45, 7) is 0.624. The van der Waals surface area contributed by atoms with Crippen molar-refractivity contribution in [3.05, 3.63) is 52.3 Å². The molecule has 0 spiro atoms. The molecule has 0 unspecified atom stereocenters. The van der Waals surface area contributed by atoms with Crippen LogP contribution in [0, 0.1) is 0 Å². The van der Waals surface area contributed by atoms with Gasteiger partial charge in [-0.1, -0.05) is 54.8 Å². The number of halogens is 1. The molecule has 4 heteroatoms. The molecular weight excluding hydrogens is 272 g/mol. The molecule has 20 heavy (non-hydrogen) atoms. The number of hydrogen-bond donors (Lipinski definition) is 1. The summed E-state index contributed by atoms with van der Waals surface area (Å²) >= 11 is 6.40. The Hall–Kier alpha value is -1.32. The van der Waals surface area contributed by atoms with Gasteiger partial charge in [-0.25, -0.2) is 4.68 Å². The summed E-state index contributed by atoms with van der Waals surface area (Å²) < 4.78 is 1.82. The zero-order valence-electron chi connectivity index (χ0n) is 11.4. The molecule has 0 amide bonds. The molecule has 0 radical (unpaired) electrons. The standard InChI is InChI=1S/C16H19ClN2O/c17-16-14(11-20)15(13-8-4-5-9-13)18-19(16)10-12-6-2-1-3-7-12/h1-3,6-7,13,20H,4-5,8-11H2. The third-order valence-corrected chi connectivity index (χ3v) is 4.51. The van der Waals surface area contributed by atoms with Gasteiger partial charge in [-0.2, -0.15) is 5.10 Å². The van der Waals surface area contributed by atoms with Crippen LogP contribution in [0.25, 0.3) is 0 Å². The molecule has 1 N–H and O–H groups in total. The van der Waals surface area contributed by atoms with Crippen LogP contribution in [0.15, 0.2) is 30.3 Å². The minimum Gasteiger partial charge on any atom is -0.391 e. The number of aromatic nitrogens is 2. The summed E-state index contributed by atoms with van der Waals surface area (Å²) in [5.74, 6) is 0.465. The van der Waals surface area contributed by atoms with E-state index in [1.54, 1.807) is 0 Å². The van der Waals surface area contributed by atoms with Gasteiger partial charge in [-0.3, -0.25) is 0 Å². The largest absolute Gasteiger partial charge is 0.391 e. The highest BCUT2D eigenvalue weighted by Crippen LogP contribution is 2.37. The highest BCUT2D eigenvalue weighted by atomic mass is 35.5. The molecule has 3 rings (SSSR count). The molecule has 2 aromatic rings. The van der Waals surface area contributed by atoms with Gasteiger partial charge in [0, 0.05) is 11.5 Å². The van der Waals surface area contributed by atoms with E-state index in [0.717, 1.165) is 24.1 Å². The first kappa shape index (κ1) is 13.7. The van der Waals surface area contributed by atoms with Crippen LogP contribution in [0.1, 0.15) is 48.4 Å². The maximum Gasteiger partial charge on any atom is 0.133 e. The lowest BCUT2D eigenvalue weighted by molar-refractivity contribution is 0.280. The van der Waals surface area contributed by atoms with Crippen molar-refractivity contribution < 1.29 is 5.11 Å². The van der Waals surface area contributed by atoms with Crippen LogP contribution >= 0.6 is 11.6 Å². The van der Waals surface area contributed by atoms with Gasteiger partial charge in [0.25, 0.3) is 0 Å². The van der Waals surface area contributed by atoms with Crippen molar-refractivity contribution in [1.29, 1.82) is 0 Å². The van der Waals surface area contributed by atoms with Gasteiger partial charge >= 0.3 is 0 Å². The van der Waals surface area contributed by atoms with Crippen LogP contribution in [0.5, 0.6) is 0 Å². The van der Waals surface area contributed by atoms with Crippen molar-refractivity contribution in [2.75, 3.05) is 0 Å². The Bertz CT molecular complexity index is 574. The van der Waals surface area contributed by atoms with Crippen molar-refractivity contribution in [2.45, 2.75) is 44.8 Å². The van der Waals surface area contributed by atoms with Crippen LogP contribution in [0.4, 0.5) is 0 Å². The van der Waals surface area contributed by atoms with Gasteiger partial charge in [0.1, 0.15) is 5.15 Å². The maximum absolute atomic E-state index is 9.60. The molecule has 1 aromatic carbocycles. The summed E-state index contributed by atoms with van der Waals surface area (Å²) in [5, 5.41) is 14.9. The van der Waals surface area contributed by atoms with Gasteiger partial charge in [0.2, 0.25) is 0 Å². The fourth-order valence-corrected chi connectivity index (χ4v) is 3.28. The molecule has 1 aliphatic rings. The second-order valence-corrected chi connectivity index (χ2v) is 5.80. The number of rotatable bonds is 4. The molecular formula is C16H19ClN2O. The van der Waals surface area contributed by atoms with E-state index in [-0.39, 0.29) is 6.61 Å². The van der Waals surface area contributed by atoms with E-state index in [2.05, 4.69) is 17.2 Å². The molecule has 1 fully saturated rings. The number of aliphatic hydroxyl groups excluding tert-OH is 1. The monoisotopic (exact) mass is 290 g/mol. The van der Waals surface area contributed by atoms with Gasteiger partial charge in [0.15, 0.2) is 0 Å². The van der Waals surface area contributed by atoms with Crippen LogP contribution in [0.2, 0.25) is 5.15 Å². The summed E-state index contributed by atoms with van der Waals surface area (Å²) in [6, 6.07) is 10.1. The molecule has 0 atom stereocenters. The predicted octanol–water partition coefficient (Wildman–Crippen LogP) is 3.73. The number of benzene rings is 1. The van der Waals surface area contributed by atoms with Crippen molar-refractivity contribution in [1.82, 2.24) is 9.78 Å². The normalized spacial score (nSPS) is 15.9. The van der Waals surface area contributed by atoms with Crippen LogP contribution in [0.3, 0.4) is 0 Å². The first-order valence-electron chi connectivity index (χ1n) is 7.19. The minimum atomic E-state index is -0.0283. The molecule has 3 nitrogen and oxygen atoms in total. The molecule has 0 bridgehead atoms. The quantitative estimate of drug-likeness (QED) is 0.931. The second kappa shape index (κ2) is 5.98. The number of aliphatic hydroxyl groups is 1. The first-order chi connectivity index (χ1) is 9.79. The van der Waals surface area contributed by atoms with Crippen molar-refractivity contribution in [3.8, 4) is 0 Å². The Kier molecular flexibility index (Phi) is 4.08. The minimum absolute atomic E-state index is 0.0283. The smallest absolute Gasteiger partial charge is 0.133 e. The van der Waals surface area contributed by atoms with E-state index in [4.69, 9.17) is 11.6 Å². The van der Waals surface area contributed by atoms with Gasteiger partial charge in [-0.15, -0.1) is 0 Å². The van der Waals surface area contributed by atoms with Gasteiger partial charge < -0.3 is 5.11 Å². The molecule has 0 saturated heterocycles. The van der Waals surface area contributed by atoms with E-state index in [1.807, 2.05) is 22.9 Å². The van der Waals surface area contributed by atoms with Crippen molar-refractivity contribution in [2.24, 2.45) is 0 Å². The molecule has 1 saturated carbocycles. The SMILES string of the molecule is OCc1c(C2CCCC2)nn(Cc2ccccc2)c1Cl. The van der Waals surface area contributed by atoms with Crippen LogP contribution < -0.4 is 0 Å². The molecule has 1 heterocycles. The topological polar surface area (TPSA) is 38.1 Å². The first-order valence-corrected chi connectivity index (χ1v) is 7.57. The van der Waals surface area contributed by atoms with E-state index in [1.165, 1.54) is 18.4 Å². The molecule has 0 aliphatic heterocycles. The zero-order chi connectivity index (χ0) is 13.9. The molecule has 106 valence electrons. The average Bonchev–Trinajstić information content (AvgIpc) is 3.09. The van der Waals surface area contributed by atoms with E-state index >= 15 is 0 Å². The lowest BCUT2D eigenvalue weighted by Crippen LogP contribution is -2.03. The summed E-state index contributed by atoms with van der Waals surface area (Å²) in [6.07, 6.45) is 4.81. The highest BCUT2D eigenvalue weighted by Gasteiger charge is 2.25. The second-order valence-electron chi connectivity index (χ2n) is 5.44. The van der Waals surface area contributed by atoms with E-state index < -0.39 is 0 Å². The Morgan fingerprint density at radius 2 is 1.90 bits per heavy atom. The Labute approximate surface area is 124 Å². The third kappa shape index (κ3) is 2.60. The summed E-state index contributed by atoms with van der Waals surface area (Å²) in [5.41, 5.74) is 2.99. The fourth-order valence-electron chi connectivity index (χ4n) is 3.03. The fraction of sp³-hybridized carbons (Fsp3) is 0.438. The number of nitrogens with zero attached hydrogens (tertiary/aromatic N) is 2. The van der Waals surface area contributed by atoms with Crippen LogP contribution in [-0.2, 0) is 13.2 Å². The Morgan fingerprint density at radius 1 is 1.20 bits per heavy atom. The van der Waals surface area contributed by atoms with Crippen molar-refractivity contribution in [3.63, 3.8) is 0 Å². The van der Waals surface area contributed by atoms with Crippen LogP contribution in [-0.4, -0.2) is 14.9 Å². The molecule has 1 aliphatic carbocycles. The van der Waals surface area contributed by atoms with Gasteiger partial charge in [-0.05, 0) is 18.4 Å². The lowest BCUT2D eigenvalue weighted by atomic mass is 10.0. The summed E-state index contributed by atoms with van der Waals surface area (Å²) in [7, 11) is 0. The van der Waals surface area contributed by atoms with Gasteiger partial charge in [0.05, 0.1) is 18.8 Å². The zero-order valence-corrected chi connectivity index (χ0v) is 12.2. The summed E-state index contributed by atoms with van der Waals surface area (Å²) in [4.78, 5) is 0. The van der Waals surface area contributed by atoms with Crippen molar-refractivity contribution >= 4 is 11.6 Å². The number of hydrogen-bond acceptors (Lipinski definition) is 2. The van der Waals surface area contributed by atoms with E-state index in [9.17, 15) is 5.11 Å². The highest BCUT2D eigenvalue weighted by molar-refractivity contribution is 6.30. The average molecular weight is 291 g/mol. The maximum atomic E-state index is 9.60. The Morgan fingerprint density at radius 3 is 2.55 bits per heavy atom. The lowest BCUT2D eigenvalue weighted by Gasteiger charge is -2.06. The third-order valence-electron chi connectivity index (χ3n) is 4.09. The molecule has 1 aromatic heterocycles. The predicted molar refractivity (Wildman–Crippen MR) is 79.9 cm³/mol. The van der Waals surface area contributed by atoms with E-state index in [0.29, 0.717) is 17.6 Å².